The molecule has 4 heteroatoms. The average Bonchev–Trinajstić information content (AvgIpc) is 2.55. The first-order valence-electron chi connectivity index (χ1n) is 5.01. The van der Waals surface area contributed by atoms with Crippen LogP contribution in [0.1, 0.15) is 18.2 Å². The van der Waals surface area contributed by atoms with E-state index in [1.165, 1.54) is 0 Å². The summed E-state index contributed by atoms with van der Waals surface area (Å²) in [5, 5.41) is 1.03. The van der Waals surface area contributed by atoms with Crippen molar-refractivity contribution in [3.05, 3.63) is 17.5 Å². The quantitative estimate of drug-likeness (QED) is 0.789. The number of hydrogen-bond donors (Lipinski definition) is 2. The van der Waals surface area contributed by atoms with Crippen molar-refractivity contribution in [2.24, 2.45) is 0 Å². The van der Waals surface area contributed by atoms with Gasteiger partial charge in [-0.05, 0) is 20.8 Å². The number of H-pyrrole nitrogens is 1. The third kappa shape index (κ3) is 1.42. The number of aryl methyl sites for hydroxylation is 2. The minimum Gasteiger partial charge on any atom is -0.492 e. The number of ether oxygens (including phenoxy) is 1. The van der Waals surface area contributed by atoms with E-state index in [2.05, 4.69) is 9.97 Å². The van der Waals surface area contributed by atoms with Gasteiger partial charge >= 0.3 is 0 Å². The van der Waals surface area contributed by atoms with Crippen molar-refractivity contribution >= 4 is 16.7 Å². The Morgan fingerprint density at radius 3 is 2.87 bits per heavy atom. The first-order chi connectivity index (χ1) is 7.15. The Morgan fingerprint density at radius 1 is 1.47 bits per heavy atom. The fourth-order valence-electron chi connectivity index (χ4n) is 1.81. The fraction of sp³-hybridized carbons (Fsp3) is 0.364. The molecule has 0 radical (unpaired) electrons. The highest BCUT2D eigenvalue weighted by atomic mass is 16.5. The first kappa shape index (κ1) is 9.83. The summed E-state index contributed by atoms with van der Waals surface area (Å²) >= 11 is 0. The van der Waals surface area contributed by atoms with Crippen LogP contribution in [0.4, 0.5) is 5.82 Å². The zero-order valence-electron chi connectivity index (χ0n) is 9.22. The molecule has 3 N–H and O–H groups in total. The molecule has 0 atom stereocenters. The molecule has 0 fully saturated rings. The summed E-state index contributed by atoms with van der Waals surface area (Å²) in [6.45, 7) is 6.57. The number of anilines is 1. The van der Waals surface area contributed by atoms with E-state index >= 15 is 0 Å². The van der Waals surface area contributed by atoms with Crippen LogP contribution in [0.25, 0.3) is 10.9 Å². The second-order valence-corrected chi connectivity index (χ2v) is 3.55. The van der Waals surface area contributed by atoms with Crippen molar-refractivity contribution in [3.8, 4) is 5.75 Å². The Labute approximate surface area is 88.5 Å². The van der Waals surface area contributed by atoms with Gasteiger partial charge in [-0.3, -0.25) is 0 Å². The number of nitrogen functional groups attached to an aromatic ring is 1. The number of nitrogens with two attached hydrogens (primary N) is 1. The molecule has 0 bridgehead atoms. The molecule has 2 aromatic rings. The number of pyridine rings is 1. The molecule has 2 rings (SSSR count). The lowest BCUT2D eigenvalue weighted by molar-refractivity contribution is 0.334. The van der Waals surface area contributed by atoms with Gasteiger partial charge in [-0.1, -0.05) is 0 Å². The molecule has 4 nitrogen and oxygen atoms in total. The highest BCUT2D eigenvalue weighted by Gasteiger charge is 2.12. The van der Waals surface area contributed by atoms with Crippen molar-refractivity contribution < 1.29 is 4.74 Å². The lowest BCUT2D eigenvalue weighted by atomic mass is 10.1. The van der Waals surface area contributed by atoms with E-state index in [1.54, 1.807) is 0 Å². The maximum atomic E-state index is 5.78. The van der Waals surface area contributed by atoms with Gasteiger partial charge in [-0.15, -0.1) is 0 Å². The largest absolute Gasteiger partial charge is 0.492 e. The molecule has 0 unspecified atom stereocenters. The van der Waals surface area contributed by atoms with Crippen LogP contribution in [-0.2, 0) is 0 Å². The third-order valence-electron chi connectivity index (χ3n) is 2.52. The molecule has 0 aliphatic rings. The van der Waals surface area contributed by atoms with E-state index in [4.69, 9.17) is 10.5 Å². The van der Waals surface area contributed by atoms with E-state index in [9.17, 15) is 0 Å². The molecule has 0 aliphatic carbocycles. The number of aromatic nitrogens is 2. The Bertz CT molecular complexity index is 502. The lowest BCUT2D eigenvalue weighted by Crippen LogP contribution is -1.99. The molecule has 0 amide bonds. The third-order valence-corrected chi connectivity index (χ3v) is 2.52. The van der Waals surface area contributed by atoms with Gasteiger partial charge in [0.1, 0.15) is 17.1 Å². The highest BCUT2D eigenvalue weighted by Crippen LogP contribution is 2.30. The Kier molecular flexibility index (Phi) is 2.26. The van der Waals surface area contributed by atoms with Gasteiger partial charge in [0.05, 0.1) is 12.3 Å². The second-order valence-electron chi connectivity index (χ2n) is 3.55. The van der Waals surface area contributed by atoms with Crippen molar-refractivity contribution in [2.75, 3.05) is 12.3 Å². The minimum atomic E-state index is 0.610. The van der Waals surface area contributed by atoms with E-state index in [0.29, 0.717) is 12.4 Å². The minimum absolute atomic E-state index is 0.610. The van der Waals surface area contributed by atoms with E-state index < -0.39 is 0 Å². The molecule has 0 aromatic carbocycles. The van der Waals surface area contributed by atoms with Gasteiger partial charge in [-0.25, -0.2) is 4.98 Å². The predicted octanol–water partition coefficient (Wildman–Crippen LogP) is 2.16. The zero-order chi connectivity index (χ0) is 11.0. The Morgan fingerprint density at radius 2 is 2.20 bits per heavy atom. The first-order valence-corrected chi connectivity index (χ1v) is 5.01. The highest BCUT2D eigenvalue weighted by molar-refractivity contribution is 5.92. The summed E-state index contributed by atoms with van der Waals surface area (Å²) < 4.78 is 5.57. The fourth-order valence-corrected chi connectivity index (χ4v) is 1.81. The van der Waals surface area contributed by atoms with Crippen molar-refractivity contribution in [2.45, 2.75) is 20.8 Å². The summed E-state index contributed by atoms with van der Waals surface area (Å²) in [5.41, 5.74) is 8.58. The molecular weight excluding hydrogens is 190 g/mol. The summed E-state index contributed by atoms with van der Waals surface area (Å²) in [5.74, 6) is 1.48. The lowest BCUT2D eigenvalue weighted by Gasteiger charge is -2.10. The Hall–Kier alpha value is -1.71. The van der Waals surface area contributed by atoms with Crippen LogP contribution >= 0.6 is 0 Å². The number of fused-ring (bicyclic) bond motifs is 1. The average molecular weight is 205 g/mol. The summed E-state index contributed by atoms with van der Waals surface area (Å²) in [6, 6.07) is 0. The molecule has 80 valence electrons. The predicted molar refractivity (Wildman–Crippen MR) is 61.1 cm³/mol. The van der Waals surface area contributed by atoms with Crippen LogP contribution in [0.3, 0.4) is 0 Å². The molecule has 2 heterocycles. The van der Waals surface area contributed by atoms with Crippen molar-refractivity contribution in [1.82, 2.24) is 9.97 Å². The summed E-state index contributed by atoms with van der Waals surface area (Å²) in [7, 11) is 0. The van der Waals surface area contributed by atoms with E-state index in [0.717, 1.165) is 27.9 Å². The summed E-state index contributed by atoms with van der Waals surface area (Å²) in [6.07, 6.45) is 1.87. The molecule has 0 saturated heterocycles. The molecule has 0 spiro atoms. The topological polar surface area (TPSA) is 63.9 Å². The normalized spacial score (nSPS) is 10.9. The standard InChI is InChI=1S/C11H15N3O/c1-4-15-10-6(2)8-5-13-11(12)9(8)14-7(10)3/h5,13H,4,12H2,1-3H3. The number of aromatic amines is 1. The molecular formula is C11H15N3O. The van der Waals surface area contributed by atoms with Crippen LogP contribution < -0.4 is 10.5 Å². The van der Waals surface area contributed by atoms with Gasteiger partial charge in [0, 0.05) is 17.1 Å². The van der Waals surface area contributed by atoms with Gasteiger partial charge < -0.3 is 15.5 Å². The van der Waals surface area contributed by atoms with Crippen LogP contribution in [-0.4, -0.2) is 16.6 Å². The molecule has 15 heavy (non-hydrogen) atoms. The maximum Gasteiger partial charge on any atom is 0.144 e. The van der Waals surface area contributed by atoms with Crippen LogP contribution in [0.2, 0.25) is 0 Å². The van der Waals surface area contributed by atoms with E-state index in [1.807, 2.05) is 27.0 Å². The SMILES string of the molecule is CCOc1c(C)nc2c(N)[nH]cc2c1C. The van der Waals surface area contributed by atoms with Gasteiger partial charge in [0.2, 0.25) is 0 Å². The smallest absolute Gasteiger partial charge is 0.144 e. The maximum absolute atomic E-state index is 5.78. The molecule has 0 aliphatic heterocycles. The second kappa shape index (κ2) is 3.46. The number of nitrogens with zero attached hydrogens (tertiary/aromatic N) is 1. The van der Waals surface area contributed by atoms with Crippen LogP contribution in [0, 0.1) is 13.8 Å². The summed E-state index contributed by atoms with van der Waals surface area (Å²) in [4.78, 5) is 7.41. The van der Waals surface area contributed by atoms with Crippen LogP contribution in [0.15, 0.2) is 6.20 Å². The van der Waals surface area contributed by atoms with Gasteiger partial charge in [0.25, 0.3) is 0 Å². The monoisotopic (exact) mass is 205 g/mol. The zero-order valence-corrected chi connectivity index (χ0v) is 9.22. The van der Waals surface area contributed by atoms with Gasteiger partial charge in [0.15, 0.2) is 0 Å². The van der Waals surface area contributed by atoms with E-state index in [-0.39, 0.29) is 0 Å². The molecule has 2 aromatic heterocycles. The number of nitrogens with one attached hydrogen (secondary N) is 1. The van der Waals surface area contributed by atoms with Gasteiger partial charge in [-0.2, -0.15) is 0 Å². The van der Waals surface area contributed by atoms with Crippen molar-refractivity contribution in [1.29, 1.82) is 0 Å². The Balaban J connectivity index is 2.73. The van der Waals surface area contributed by atoms with Crippen LogP contribution in [0.5, 0.6) is 5.75 Å². The molecule has 0 saturated carbocycles. The van der Waals surface area contributed by atoms with Crippen molar-refractivity contribution in [3.63, 3.8) is 0 Å². The number of hydrogen-bond acceptors (Lipinski definition) is 3. The number of rotatable bonds is 2.